The maximum absolute atomic E-state index is 13.1. The molecule has 1 N–H and O–H groups in total. The van der Waals surface area contributed by atoms with Crippen molar-refractivity contribution >= 4 is 22.7 Å². The maximum atomic E-state index is 13.1. The Balaban J connectivity index is 1.40. The normalized spacial score (nSPS) is 19.3. The molecule has 1 unspecified atom stereocenters. The lowest BCUT2D eigenvalue weighted by Gasteiger charge is -2.42. The van der Waals surface area contributed by atoms with E-state index in [2.05, 4.69) is 23.2 Å². The Kier molecular flexibility index (Phi) is 3.74. The van der Waals surface area contributed by atoms with E-state index in [-0.39, 0.29) is 24.4 Å². The van der Waals surface area contributed by atoms with Crippen LogP contribution in [0.15, 0.2) is 54.6 Å². The molecular formula is C22H21N3O2. The molecule has 0 radical (unpaired) electrons. The summed E-state index contributed by atoms with van der Waals surface area (Å²) in [5.74, 6) is 0.110. The number of nitrogens with zero attached hydrogens (tertiary/aromatic N) is 2. The van der Waals surface area contributed by atoms with Crippen LogP contribution in [0.1, 0.15) is 16.8 Å². The molecule has 3 heterocycles. The van der Waals surface area contributed by atoms with Gasteiger partial charge in [0, 0.05) is 29.6 Å². The van der Waals surface area contributed by atoms with Crippen molar-refractivity contribution in [3.8, 4) is 0 Å². The van der Waals surface area contributed by atoms with E-state index in [4.69, 9.17) is 0 Å². The fourth-order valence-electron chi connectivity index (χ4n) is 4.33. The number of carbonyl (C=O) groups excluding carboxylic acids is 2. The van der Waals surface area contributed by atoms with Crippen molar-refractivity contribution < 1.29 is 9.59 Å². The third kappa shape index (κ3) is 2.70. The van der Waals surface area contributed by atoms with Crippen LogP contribution in [-0.2, 0) is 29.0 Å². The lowest BCUT2D eigenvalue weighted by Crippen LogP contribution is -2.61. The Morgan fingerprint density at radius 1 is 0.963 bits per heavy atom. The number of aromatic nitrogens is 1. The second-order valence-electron chi connectivity index (χ2n) is 7.36. The Morgan fingerprint density at radius 2 is 1.74 bits per heavy atom. The van der Waals surface area contributed by atoms with E-state index >= 15 is 0 Å². The second-order valence-corrected chi connectivity index (χ2v) is 7.36. The molecular weight excluding hydrogens is 338 g/mol. The van der Waals surface area contributed by atoms with E-state index in [1.165, 1.54) is 11.1 Å². The van der Waals surface area contributed by atoms with Gasteiger partial charge in [0.25, 0.3) is 0 Å². The summed E-state index contributed by atoms with van der Waals surface area (Å²) >= 11 is 0. The van der Waals surface area contributed by atoms with Gasteiger partial charge in [0.2, 0.25) is 11.8 Å². The molecule has 0 spiro atoms. The van der Waals surface area contributed by atoms with Crippen LogP contribution in [0.25, 0.3) is 10.9 Å². The molecule has 0 aliphatic carbocycles. The van der Waals surface area contributed by atoms with E-state index in [0.717, 1.165) is 23.0 Å². The van der Waals surface area contributed by atoms with Gasteiger partial charge in [-0.25, -0.2) is 0 Å². The lowest BCUT2D eigenvalue weighted by molar-refractivity contribution is -0.157. The first-order chi connectivity index (χ1) is 13.2. The average molecular weight is 359 g/mol. The van der Waals surface area contributed by atoms with Gasteiger partial charge in [-0.2, -0.15) is 0 Å². The van der Waals surface area contributed by atoms with E-state index in [0.29, 0.717) is 19.5 Å². The molecule has 2 aliphatic heterocycles. The molecule has 1 aromatic heterocycles. The van der Waals surface area contributed by atoms with E-state index in [9.17, 15) is 9.59 Å². The molecule has 5 nitrogen and oxygen atoms in total. The number of fused-ring (bicyclic) bond motifs is 4. The highest BCUT2D eigenvalue weighted by atomic mass is 16.2. The highest BCUT2D eigenvalue weighted by Crippen LogP contribution is 2.32. The van der Waals surface area contributed by atoms with Crippen molar-refractivity contribution in [2.75, 3.05) is 13.1 Å². The van der Waals surface area contributed by atoms with Crippen LogP contribution >= 0.6 is 0 Å². The molecule has 3 aromatic rings. The zero-order valence-corrected chi connectivity index (χ0v) is 15.0. The molecule has 2 amide bonds. The summed E-state index contributed by atoms with van der Waals surface area (Å²) in [6, 6.07) is 17.9. The zero-order valence-electron chi connectivity index (χ0n) is 15.0. The molecule has 27 heavy (non-hydrogen) atoms. The number of nitrogens with one attached hydrogen (secondary N) is 1. The SMILES string of the molecule is O=C1C2Cc3c([nH]c4ccccc34)CN2C(=O)CN1CCc1ccccc1. The van der Waals surface area contributed by atoms with Crippen molar-refractivity contribution in [3.05, 3.63) is 71.4 Å². The molecule has 1 saturated heterocycles. The fourth-order valence-corrected chi connectivity index (χ4v) is 4.33. The second kappa shape index (κ2) is 6.27. The summed E-state index contributed by atoms with van der Waals surface area (Å²) in [5.41, 5.74) is 4.50. The Labute approximate surface area is 157 Å². The van der Waals surface area contributed by atoms with Crippen LogP contribution in [0.4, 0.5) is 0 Å². The molecule has 2 aliphatic rings. The molecule has 1 atom stereocenters. The van der Waals surface area contributed by atoms with Gasteiger partial charge < -0.3 is 14.8 Å². The van der Waals surface area contributed by atoms with Crippen molar-refractivity contribution in [2.24, 2.45) is 0 Å². The number of para-hydroxylation sites is 1. The van der Waals surface area contributed by atoms with Crippen molar-refractivity contribution in [2.45, 2.75) is 25.4 Å². The number of rotatable bonds is 3. The van der Waals surface area contributed by atoms with Gasteiger partial charge in [-0.3, -0.25) is 9.59 Å². The van der Waals surface area contributed by atoms with Gasteiger partial charge in [0.05, 0.1) is 13.1 Å². The van der Waals surface area contributed by atoms with E-state index in [1.54, 1.807) is 9.80 Å². The first kappa shape index (κ1) is 16.1. The maximum Gasteiger partial charge on any atom is 0.246 e. The predicted octanol–water partition coefficient (Wildman–Crippen LogP) is 2.51. The largest absolute Gasteiger partial charge is 0.357 e. The number of H-pyrrole nitrogens is 1. The molecule has 1 fully saturated rings. The molecule has 5 rings (SSSR count). The number of carbonyl (C=O) groups is 2. The van der Waals surface area contributed by atoms with Crippen molar-refractivity contribution in [1.82, 2.24) is 14.8 Å². The van der Waals surface area contributed by atoms with Gasteiger partial charge in [-0.15, -0.1) is 0 Å². The van der Waals surface area contributed by atoms with Crippen LogP contribution < -0.4 is 0 Å². The van der Waals surface area contributed by atoms with Crippen molar-refractivity contribution in [1.29, 1.82) is 0 Å². The van der Waals surface area contributed by atoms with Gasteiger partial charge in [-0.1, -0.05) is 48.5 Å². The van der Waals surface area contributed by atoms with Gasteiger partial charge in [0.15, 0.2) is 0 Å². The van der Waals surface area contributed by atoms with Crippen LogP contribution in [-0.4, -0.2) is 45.7 Å². The predicted molar refractivity (Wildman–Crippen MR) is 103 cm³/mol. The molecule has 0 saturated carbocycles. The zero-order chi connectivity index (χ0) is 18.4. The number of aromatic amines is 1. The first-order valence-electron chi connectivity index (χ1n) is 9.41. The van der Waals surface area contributed by atoms with Gasteiger partial charge >= 0.3 is 0 Å². The van der Waals surface area contributed by atoms with Crippen LogP contribution in [0, 0.1) is 0 Å². The fraction of sp³-hybridized carbons (Fsp3) is 0.273. The number of benzene rings is 2. The summed E-state index contributed by atoms with van der Waals surface area (Å²) in [6.07, 6.45) is 1.36. The Bertz CT molecular complexity index is 1020. The minimum atomic E-state index is -0.381. The van der Waals surface area contributed by atoms with E-state index < -0.39 is 0 Å². The van der Waals surface area contributed by atoms with Gasteiger partial charge in [-0.05, 0) is 23.6 Å². The number of piperazine rings is 1. The summed E-state index contributed by atoms with van der Waals surface area (Å²) in [6.45, 7) is 1.25. The highest BCUT2D eigenvalue weighted by molar-refractivity contribution is 5.96. The minimum Gasteiger partial charge on any atom is -0.357 e. The third-order valence-electron chi connectivity index (χ3n) is 5.76. The summed E-state index contributed by atoms with van der Waals surface area (Å²) in [4.78, 5) is 32.8. The Hall–Kier alpha value is -3.08. The minimum absolute atomic E-state index is 0.0389. The average Bonchev–Trinajstić information content (AvgIpc) is 3.07. The molecule has 5 heteroatoms. The van der Waals surface area contributed by atoms with Crippen LogP contribution in [0.5, 0.6) is 0 Å². The van der Waals surface area contributed by atoms with Crippen LogP contribution in [0.3, 0.4) is 0 Å². The number of hydrogen-bond donors (Lipinski definition) is 1. The summed E-state index contributed by atoms with van der Waals surface area (Å²) < 4.78 is 0. The Morgan fingerprint density at radius 3 is 2.59 bits per heavy atom. The molecule has 2 aromatic carbocycles. The van der Waals surface area contributed by atoms with Crippen molar-refractivity contribution in [3.63, 3.8) is 0 Å². The topological polar surface area (TPSA) is 56.4 Å². The quantitative estimate of drug-likeness (QED) is 0.781. The standard InChI is InChI=1S/C22H21N3O2/c26-21-14-24(11-10-15-6-2-1-3-7-15)22(27)20-12-17-16-8-4-5-9-18(16)23-19(17)13-25(20)21/h1-9,20,23H,10-14H2. The lowest BCUT2D eigenvalue weighted by atomic mass is 9.94. The van der Waals surface area contributed by atoms with Crippen LogP contribution in [0.2, 0.25) is 0 Å². The summed E-state index contributed by atoms with van der Waals surface area (Å²) in [5, 5.41) is 1.16. The van der Waals surface area contributed by atoms with E-state index in [1.807, 2.05) is 36.4 Å². The highest BCUT2D eigenvalue weighted by Gasteiger charge is 2.42. The smallest absolute Gasteiger partial charge is 0.246 e. The first-order valence-corrected chi connectivity index (χ1v) is 9.41. The van der Waals surface area contributed by atoms with Gasteiger partial charge in [0.1, 0.15) is 6.04 Å². The molecule has 0 bridgehead atoms. The third-order valence-corrected chi connectivity index (χ3v) is 5.76. The summed E-state index contributed by atoms with van der Waals surface area (Å²) in [7, 11) is 0. The monoisotopic (exact) mass is 359 g/mol. The number of hydrogen-bond acceptors (Lipinski definition) is 2. The molecule has 136 valence electrons. The number of amides is 2.